The second-order valence-corrected chi connectivity index (χ2v) is 6.05. The molecule has 2 N–H and O–H groups in total. The monoisotopic (exact) mass is 378 g/mol. The number of carbonyl (C=O) groups is 1. The maximum atomic E-state index is 12.6. The number of amides is 1. The summed E-state index contributed by atoms with van der Waals surface area (Å²) in [5, 5.41) is 6.05. The lowest BCUT2D eigenvalue weighted by Gasteiger charge is -2.11. The van der Waals surface area contributed by atoms with Crippen LogP contribution in [0.15, 0.2) is 54.6 Å². The summed E-state index contributed by atoms with van der Waals surface area (Å²) in [6, 6.07) is 16.8. The van der Waals surface area contributed by atoms with Crippen LogP contribution in [0.2, 0.25) is 0 Å². The summed E-state index contributed by atoms with van der Waals surface area (Å²) in [5.74, 6) is 2.05. The van der Waals surface area contributed by atoms with Gasteiger partial charge in [-0.15, -0.1) is 0 Å². The summed E-state index contributed by atoms with van der Waals surface area (Å²) < 4.78 is 10.5. The first-order chi connectivity index (χ1) is 13.6. The summed E-state index contributed by atoms with van der Waals surface area (Å²) in [6.45, 7) is 2.09. The van der Waals surface area contributed by atoms with Crippen molar-refractivity contribution in [2.75, 3.05) is 19.5 Å². The topological polar surface area (TPSA) is 85.4 Å². The fourth-order valence-electron chi connectivity index (χ4n) is 2.68. The molecule has 144 valence electrons. The van der Waals surface area contributed by atoms with Crippen LogP contribution in [0.1, 0.15) is 21.9 Å². The van der Waals surface area contributed by atoms with Crippen LogP contribution in [-0.2, 0) is 6.54 Å². The zero-order chi connectivity index (χ0) is 19.9. The fourth-order valence-corrected chi connectivity index (χ4v) is 2.68. The molecule has 0 fully saturated rings. The van der Waals surface area contributed by atoms with Crippen LogP contribution in [0, 0.1) is 6.92 Å². The van der Waals surface area contributed by atoms with Crippen LogP contribution in [0.5, 0.6) is 11.5 Å². The van der Waals surface area contributed by atoms with Gasteiger partial charge < -0.3 is 20.1 Å². The number of hydrogen-bond donors (Lipinski definition) is 2. The lowest BCUT2D eigenvalue weighted by molar-refractivity contribution is 0.0945. The lowest BCUT2D eigenvalue weighted by atomic mass is 10.2. The number of ether oxygens (including phenoxy) is 2. The molecule has 0 radical (unpaired) electrons. The van der Waals surface area contributed by atoms with Crippen molar-refractivity contribution in [2.45, 2.75) is 13.5 Å². The van der Waals surface area contributed by atoms with Gasteiger partial charge >= 0.3 is 0 Å². The first-order valence-corrected chi connectivity index (χ1v) is 8.76. The Bertz CT molecular complexity index is 961. The van der Waals surface area contributed by atoms with Gasteiger partial charge in [0.25, 0.3) is 5.91 Å². The Morgan fingerprint density at radius 3 is 2.43 bits per heavy atom. The normalized spacial score (nSPS) is 10.2. The molecule has 7 heteroatoms. The van der Waals surface area contributed by atoms with Gasteiger partial charge in [-0.2, -0.15) is 0 Å². The Morgan fingerprint density at radius 1 is 0.964 bits per heavy atom. The van der Waals surface area contributed by atoms with Crippen LogP contribution >= 0.6 is 0 Å². The summed E-state index contributed by atoms with van der Waals surface area (Å²) in [7, 11) is 3.16. The van der Waals surface area contributed by atoms with E-state index in [1.165, 1.54) is 0 Å². The Labute approximate surface area is 163 Å². The number of rotatable bonds is 7. The lowest BCUT2D eigenvalue weighted by Crippen LogP contribution is -2.24. The van der Waals surface area contributed by atoms with Gasteiger partial charge in [-0.1, -0.05) is 24.3 Å². The number of aromatic nitrogens is 2. The predicted octanol–water partition coefficient (Wildman–Crippen LogP) is 3.48. The van der Waals surface area contributed by atoms with Crippen LogP contribution in [-0.4, -0.2) is 30.1 Å². The summed E-state index contributed by atoms with van der Waals surface area (Å²) >= 11 is 0. The van der Waals surface area contributed by atoms with Crippen molar-refractivity contribution in [1.82, 2.24) is 15.3 Å². The Balaban J connectivity index is 1.70. The third kappa shape index (κ3) is 4.76. The van der Waals surface area contributed by atoms with Gasteiger partial charge in [0.2, 0.25) is 0 Å². The van der Waals surface area contributed by atoms with Gasteiger partial charge in [-0.05, 0) is 36.8 Å². The highest BCUT2D eigenvalue weighted by Gasteiger charge is 2.12. The van der Waals surface area contributed by atoms with Gasteiger partial charge in [0.05, 0.1) is 14.2 Å². The van der Waals surface area contributed by atoms with Crippen molar-refractivity contribution in [2.24, 2.45) is 0 Å². The summed E-state index contributed by atoms with van der Waals surface area (Å²) in [5.41, 5.74) is 2.07. The highest BCUT2D eigenvalue weighted by Crippen LogP contribution is 2.27. The molecule has 1 heterocycles. The first kappa shape index (κ1) is 19.2. The van der Waals surface area contributed by atoms with E-state index in [2.05, 4.69) is 20.6 Å². The van der Waals surface area contributed by atoms with Gasteiger partial charge in [0, 0.05) is 18.3 Å². The number of anilines is 2. The molecule has 0 saturated heterocycles. The molecule has 0 unspecified atom stereocenters. The van der Waals surface area contributed by atoms with Crippen molar-refractivity contribution in [3.8, 4) is 11.5 Å². The second-order valence-electron chi connectivity index (χ2n) is 6.05. The highest BCUT2D eigenvalue weighted by atomic mass is 16.5. The molecule has 0 atom stereocenters. The summed E-state index contributed by atoms with van der Waals surface area (Å²) in [6.07, 6.45) is 0. The maximum absolute atomic E-state index is 12.6. The maximum Gasteiger partial charge on any atom is 0.270 e. The molecule has 0 aliphatic rings. The van der Waals surface area contributed by atoms with E-state index in [-0.39, 0.29) is 5.91 Å². The van der Waals surface area contributed by atoms with Gasteiger partial charge in [-0.3, -0.25) is 4.79 Å². The Hall–Kier alpha value is -3.61. The molecule has 3 aromatic rings. The number of aryl methyl sites for hydroxylation is 1. The molecule has 2 aromatic carbocycles. The SMILES string of the molecule is COc1ccc(CNC(=O)c2cc(Nc3ccccc3)nc(C)n2)cc1OC. The van der Waals surface area contributed by atoms with E-state index in [1.54, 1.807) is 33.3 Å². The zero-order valence-corrected chi connectivity index (χ0v) is 16.0. The van der Waals surface area contributed by atoms with E-state index in [4.69, 9.17) is 9.47 Å². The molecule has 0 aliphatic heterocycles. The van der Waals surface area contributed by atoms with E-state index in [9.17, 15) is 4.79 Å². The van der Waals surface area contributed by atoms with Gasteiger partial charge in [-0.25, -0.2) is 9.97 Å². The molecule has 0 spiro atoms. The summed E-state index contributed by atoms with van der Waals surface area (Å²) in [4.78, 5) is 21.1. The van der Waals surface area contributed by atoms with Crippen molar-refractivity contribution >= 4 is 17.4 Å². The average Bonchev–Trinajstić information content (AvgIpc) is 2.72. The van der Waals surface area contributed by atoms with Crippen LogP contribution < -0.4 is 20.1 Å². The third-order valence-corrected chi connectivity index (χ3v) is 4.02. The first-order valence-electron chi connectivity index (χ1n) is 8.76. The molecule has 3 rings (SSSR count). The van der Waals surface area contributed by atoms with E-state index < -0.39 is 0 Å². The van der Waals surface area contributed by atoms with Crippen LogP contribution in [0.3, 0.4) is 0 Å². The number of methoxy groups -OCH3 is 2. The Morgan fingerprint density at radius 2 is 1.71 bits per heavy atom. The van der Waals surface area contributed by atoms with Crippen molar-refractivity contribution in [3.63, 3.8) is 0 Å². The quantitative estimate of drug-likeness (QED) is 0.655. The van der Waals surface area contributed by atoms with Crippen molar-refractivity contribution in [1.29, 1.82) is 0 Å². The smallest absolute Gasteiger partial charge is 0.270 e. The van der Waals surface area contributed by atoms with Crippen LogP contribution in [0.25, 0.3) is 0 Å². The largest absolute Gasteiger partial charge is 0.493 e. The number of nitrogens with zero attached hydrogens (tertiary/aromatic N) is 2. The minimum Gasteiger partial charge on any atom is -0.493 e. The molecular weight excluding hydrogens is 356 g/mol. The predicted molar refractivity (Wildman–Crippen MR) is 107 cm³/mol. The zero-order valence-electron chi connectivity index (χ0n) is 16.0. The van der Waals surface area contributed by atoms with Gasteiger partial charge in [0.1, 0.15) is 17.3 Å². The van der Waals surface area contributed by atoms with Crippen molar-refractivity contribution in [3.05, 3.63) is 71.7 Å². The van der Waals surface area contributed by atoms with E-state index >= 15 is 0 Å². The number of benzene rings is 2. The standard InChI is InChI=1S/C21H22N4O3/c1-14-23-17(12-20(24-14)25-16-7-5-4-6-8-16)21(26)22-13-15-9-10-18(27-2)19(11-15)28-3/h4-12H,13H2,1-3H3,(H,22,26)(H,23,24,25). The number of carbonyl (C=O) groups excluding carboxylic acids is 1. The molecule has 7 nitrogen and oxygen atoms in total. The van der Waals surface area contributed by atoms with E-state index in [0.717, 1.165) is 11.3 Å². The third-order valence-electron chi connectivity index (χ3n) is 4.02. The fraction of sp³-hybridized carbons (Fsp3) is 0.190. The number of nitrogens with one attached hydrogen (secondary N) is 2. The second kappa shape index (κ2) is 8.85. The Kier molecular flexibility index (Phi) is 6.06. The average molecular weight is 378 g/mol. The molecule has 1 amide bonds. The number of para-hydroxylation sites is 1. The van der Waals surface area contributed by atoms with E-state index in [1.807, 2.05) is 42.5 Å². The minimum atomic E-state index is -0.281. The van der Waals surface area contributed by atoms with Crippen LogP contribution in [0.4, 0.5) is 11.5 Å². The van der Waals surface area contributed by atoms with Gasteiger partial charge in [0.15, 0.2) is 11.5 Å². The molecule has 1 aromatic heterocycles. The molecule has 28 heavy (non-hydrogen) atoms. The van der Waals surface area contributed by atoms with E-state index in [0.29, 0.717) is 35.4 Å². The molecule has 0 bridgehead atoms. The number of hydrogen-bond acceptors (Lipinski definition) is 6. The molecule has 0 saturated carbocycles. The minimum absolute atomic E-state index is 0.281. The van der Waals surface area contributed by atoms with Crippen molar-refractivity contribution < 1.29 is 14.3 Å². The molecular formula is C21H22N4O3. The molecule has 0 aliphatic carbocycles. The highest BCUT2D eigenvalue weighted by molar-refractivity contribution is 5.93.